The molecule has 0 spiro atoms. The molecule has 0 aliphatic carbocycles. The van der Waals surface area contributed by atoms with Gasteiger partial charge in [0.05, 0.1) is 24.6 Å². The highest BCUT2D eigenvalue weighted by Crippen LogP contribution is 2.47. The molecule has 1 N–H and O–H groups in total. The molecule has 1 aromatic rings. The van der Waals surface area contributed by atoms with E-state index < -0.39 is 14.3 Å². The minimum absolute atomic E-state index is 0.118. The smallest absolute Gasteiger partial charge is 0.353 e. The first kappa shape index (κ1) is 20.0. The van der Waals surface area contributed by atoms with Crippen LogP contribution in [-0.4, -0.2) is 68.3 Å². The van der Waals surface area contributed by atoms with Gasteiger partial charge in [0, 0.05) is 17.1 Å². The van der Waals surface area contributed by atoms with Gasteiger partial charge in [0.15, 0.2) is 8.32 Å². The number of aliphatic carboxylic acids is 1. The van der Waals surface area contributed by atoms with Crippen LogP contribution in [0.3, 0.4) is 0 Å². The number of aryl methyl sites for hydroxylation is 2. The van der Waals surface area contributed by atoms with Crippen LogP contribution in [0.25, 0.3) is 0 Å². The lowest BCUT2D eigenvalue weighted by molar-refractivity contribution is -0.160. The van der Waals surface area contributed by atoms with Crippen molar-refractivity contribution in [2.24, 2.45) is 5.92 Å². The van der Waals surface area contributed by atoms with Crippen LogP contribution in [0.15, 0.2) is 10.6 Å². The standard InChI is InChI=1S/C16H25N5O4SSi/c1-9(25-27(3,4)5)13-11-8-12(14(16(23)24)21(11)15(13)22)26-7-6-20-10(2)17-18-19-20/h9,11,13H,6-8H2,1-5H3,(H,23,24)/t9-,11?,13+/m0/s1. The first-order valence-corrected chi connectivity index (χ1v) is 13.3. The van der Waals surface area contributed by atoms with E-state index in [2.05, 4.69) is 35.2 Å². The van der Waals surface area contributed by atoms with Gasteiger partial charge in [0.1, 0.15) is 11.5 Å². The molecule has 1 unspecified atom stereocenters. The number of β-lactam (4-membered cyclic amide) rings is 1. The predicted octanol–water partition coefficient (Wildman–Crippen LogP) is 1.48. The molecule has 2 aliphatic rings. The van der Waals surface area contributed by atoms with Crippen molar-refractivity contribution in [1.29, 1.82) is 0 Å². The molecule has 11 heteroatoms. The Morgan fingerprint density at radius 1 is 1.44 bits per heavy atom. The molecule has 148 valence electrons. The van der Waals surface area contributed by atoms with Gasteiger partial charge in [-0.2, -0.15) is 0 Å². The van der Waals surface area contributed by atoms with Gasteiger partial charge in [-0.15, -0.1) is 16.9 Å². The minimum atomic E-state index is -1.78. The molecule has 3 atom stereocenters. The lowest BCUT2D eigenvalue weighted by Crippen LogP contribution is -2.63. The lowest BCUT2D eigenvalue weighted by Gasteiger charge is -2.46. The number of carbonyl (C=O) groups excluding carboxylic acids is 1. The van der Waals surface area contributed by atoms with Crippen molar-refractivity contribution in [3.05, 3.63) is 16.4 Å². The van der Waals surface area contributed by atoms with E-state index in [-0.39, 0.29) is 29.7 Å². The second kappa shape index (κ2) is 7.36. The predicted molar refractivity (Wildman–Crippen MR) is 102 cm³/mol. The van der Waals surface area contributed by atoms with E-state index >= 15 is 0 Å². The van der Waals surface area contributed by atoms with Crippen molar-refractivity contribution in [1.82, 2.24) is 25.1 Å². The third-order valence-electron chi connectivity index (χ3n) is 4.71. The number of thioether (sulfide) groups is 1. The summed E-state index contributed by atoms with van der Waals surface area (Å²) < 4.78 is 7.76. The van der Waals surface area contributed by atoms with E-state index in [1.165, 1.54) is 16.7 Å². The van der Waals surface area contributed by atoms with Crippen molar-refractivity contribution >= 4 is 32.0 Å². The highest BCUT2D eigenvalue weighted by molar-refractivity contribution is 8.03. The molecule has 1 fully saturated rings. The van der Waals surface area contributed by atoms with Crippen LogP contribution < -0.4 is 0 Å². The van der Waals surface area contributed by atoms with E-state index in [0.29, 0.717) is 24.5 Å². The van der Waals surface area contributed by atoms with Gasteiger partial charge in [-0.3, -0.25) is 4.79 Å². The van der Waals surface area contributed by atoms with E-state index in [1.807, 2.05) is 13.8 Å². The fraction of sp³-hybridized carbons (Fsp3) is 0.688. The van der Waals surface area contributed by atoms with Gasteiger partial charge < -0.3 is 14.4 Å². The maximum atomic E-state index is 12.7. The van der Waals surface area contributed by atoms with Gasteiger partial charge in [0.2, 0.25) is 5.91 Å². The molecule has 3 heterocycles. The van der Waals surface area contributed by atoms with E-state index in [4.69, 9.17) is 4.43 Å². The summed E-state index contributed by atoms with van der Waals surface area (Å²) in [6, 6.07) is -0.118. The SMILES string of the molecule is Cc1nnnn1CCSC1=C(C(=O)O)N2C(=O)[C@H]([C@H](C)O[Si](C)(C)C)C2C1. The average molecular weight is 412 g/mol. The number of rotatable bonds is 8. The van der Waals surface area contributed by atoms with Gasteiger partial charge in [-0.1, -0.05) is 0 Å². The quantitative estimate of drug-likeness (QED) is 0.506. The number of carboxylic acid groups (broad SMARTS) is 1. The van der Waals surface area contributed by atoms with E-state index in [0.717, 1.165) is 4.91 Å². The Kier molecular flexibility index (Phi) is 5.46. The third-order valence-corrected chi connectivity index (χ3v) is 6.88. The Morgan fingerprint density at radius 2 is 2.15 bits per heavy atom. The van der Waals surface area contributed by atoms with Crippen molar-refractivity contribution in [2.75, 3.05) is 5.75 Å². The zero-order chi connectivity index (χ0) is 19.9. The number of hydrogen-bond donors (Lipinski definition) is 1. The normalized spacial score (nSPS) is 23.4. The van der Waals surface area contributed by atoms with Crippen LogP contribution in [-0.2, 0) is 20.6 Å². The molecule has 1 saturated heterocycles. The summed E-state index contributed by atoms with van der Waals surface area (Å²) in [4.78, 5) is 26.6. The van der Waals surface area contributed by atoms with Crippen molar-refractivity contribution in [3.63, 3.8) is 0 Å². The van der Waals surface area contributed by atoms with Gasteiger partial charge >= 0.3 is 5.97 Å². The van der Waals surface area contributed by atoms with Crippen LogP contribution in [0.1, 0.15) is 19.2 Å². The molecular weight excluding hydrogens is 386 g/mol. The zero-order valence-electron chi connectivity index (χ0n) is 16.2. The second-order valence-electron chi connectivity index (χ2n) is 7.82. The molecule has 9 nitrogen and oxygen atoms in total. The number of fused-ring (bicyclic) bond motifs is 1. The van der Waals surface area contributed by atoms with E-state index in [9.17, 15) is 14.7 Å². The summed E-state index contributed by atoms with van der Waals surface area (Å²) in [5.74, 6) is -0.116. The number of amides is 1. The number of tetrazole rings is 1. The molecule has 1 amide bonds. The maximum Gasteiger partial charge on any atom is 0.353 e. The summed E-state index contributed by atoms with van der Waals surface area (Å²) >= 11 is 1.46. The summed E-state index contributed by atoms with van der Waals surface area (Å²) in [5, 5.41) is 21.0. The Balaban J connectivity index is 1.68. The van der Waals surface area contributed by atoms with Crippen LogP contribution in [0.2, 0.25) is 19.6 Å². The largest absolute Gasteiger partial charge is 0.477 e. The number of aromatic nitrogens is 4. The zero-order valence-corrected chi connectivity index (χ0v) is 18.0. The Bertz CT molecular complexity index is 790. The first-order chi connectivity index (χ1) is 12.6. The molecule has 0 aromatic carbocycles. The summed E-state index contributed by atoms with van der Waals surface area (Å²) in [6.07, 6.45) is 0.366. The van der Waals surface area contributed by atoms with Gasteiger partial charge in [0.25, 0.3) is 0 Å². The fourth-order valence-corrected chi connectivity index (χ4v) is 6.07. The summed E-state index contributed by atoms with van der Waals surface area (Å²) in [6.45, 7) is 10.6. The van der Waals surface area contributed by atoms with Crippen LogP contribution >= 0.6 is 11.8 Å². The van der Waals surface area contributed by atoms with Crippen LogP contribution in [0.4, 0.5) is 0 Å². The summed E-state index contributed by atoms with van der Waals surface area (Å²) in [5.41, 5.74) is 0.125. The minimum Gasteiger partial charge on any atom is -0.477 e. The number of carboxylic acids is 1. The van der Waals surface area contributed by atoms with Crippen molar-refractivity contribution in [3.8, 4) is 0 Å². The highest BCUT2D eigenvalue weighted by Gasteiger charge is 2.57. The Hall–Kier alpha value is -1.72. The maximum absolute atomic E-state index is 12.7. The molecule has 27 heavy (non-hydrogen) atoms. The number of carbonyl (C=O) groups is 2. The van der Waals surface area contributed by atoms with E-state index in [1.54, 1.807) is 4.68 Å². The highest BCUT2D eigenvalue weighted by atomic mass is 32.2. The Labute approximate surface area is 163 Å². The molecule has 0 saturated carbocycles. The second-order valence-corrected chi connectivity index (χ2v) is 13.5. The number of nitrogens with zero attached hydrogens (tertiary/aromatic N) is 5. The van der Waals surface area contributed by atoms with Crippen molar-refractivity contribution in [2.45, 2.75) is 58.6 Å². The number of hydrogen-bond acceptors (Lipinski definition) is 7. The first-order valence-electron chi connectivity index (χ1n) is 8.93. The molecule has 2 aliphatic heterocycles. The fourth-order valence-electron chi connectivity index (χ4n) is 3.69. The molecule has 0 bridgehead atoms. The topological polar surface area (TPSA) is 110 Å². The van der Waals surface area contributed by atoms with Gasteiger partial charge in [-0.25, -0.2) is 9.48 Å². The van der Waals surface area contributed by atoms with Gasteiger partial charge in [-0.05, 0) is 43.9 Å². The molecule has 3 rings (SSSR count). The van der Waals surface area contributed by atoms with Crippen LogP contribution in [0, 0.1) is 12.8 Å². The molecule has 1 aromatic heterocycles. The average Bonchev–Trinajstić information content (AvgIpc) is 3.07. The third kappa shape index (κ3) is 3.94. The molecule has 0 radical (unpaired) electrons. The Morgan fingerprint density at radius 3 is 2.70 bits per heavy atom. The van der Waals surface area contributed by atoms with Crippen LogP contribution in [0.5, 0.6) is 0 Å². The monoisotopic (exact) mass is 411 g/mol. The molecular formula is C16H25N5O4SSi. The lowest BCUT2D eigenvalue weighted by atomic mass is 9.83. The summed E-state index contributed by atoms with van der Waals surface area (Å²) in [7, 11) is -1.78. The van der Waals surface area contributed by atoms with Crippen molar-refractivity contribution < 1.29 is 19.1 Å².